The molecule has 7 nitrogen and oxygen atoms in total. The van der Waals surface area contributed by atoms with E-state index in [0.717, 1.165) is 46.5 Å². The maximum atomic E-state index is 13.1. The summed E-state index contributed by atoms with van der Waals surface area (Å²) in [4.78, 5) is 26.5. The van der Waals surface area contributed by atoms with Crippen LogP contribution in [-0.4, -0.2) is 30.6 Å². The van der Waals surface area contributed by atoms with E-state index in [4.69, 9.17) is 4.98 Å². The van der Waals surface area contributed by atoms with Crippen LogP contribution < -0.4 is 5.32 Å². The molecule has 0 aliphatic heterocycles. The lowest BCUT2D eigenvalue weighted by Gasteiger charge is -2.07. The number of rotatable bonds is 4. The van der Waals surface area contributed by atoms with Crippen LogP contribution in [0.5, 0.6) is 0 Å². The first-order valence-corrected chi connectivity index (χ1v) is 9.99. The van der Waals surface area contributed by atoms with Crippen LogP contribution >= 0.6 is 11.3 Å². The molecule has 0 bridgehead atoms. The molecule has 5 rings (SSSR count). The number of fused-ring (bicyclic) bond motifs is 1. The van der Waals surface area contributed by atoms with Crippen molar-refractivity contribution in [3.63, 3.8) is 0 Å². The zero-order chi connectivity index (χ0) is 19.3. The van der Waals surface area contributed by atoms with E-state index in [1.807, 2.05) is 37.6 Å². The van der Waals surface area contributed by atoms with E-state index >= 15 is 0 Å². The minimum Gasteiger partial charge on any atom is -0.298 e. The Balaban J connectivity index is 1.50. The molecule has 1 N–H and O–H groups in total. The van der Waals surface area contributed by atoms with Gasteiger partial charge < -0.3 is 0 Å². The standard InChI is InChI=1S/C20H18N6OS/c1-11-17-14(8-15(12-5-6-12)22-18(17)26(2)25-11)19(27)24-20-23-16(10-28-20)13-4-3-7-21-9-13/h3-4,7-10,12H,5-6H2,1-2H3,(H,23,24,27). The molecule has 1 aliphatic rings. The Morgan fingerprint density at radius 3 is 2.93 bits per heavy atom. The van der Waals surface area contributed by atoms with Crippen LogP contribution in [0.25, 0.3) is 22.3 Å². The zero-order valence-corrected chi connectivity index (χ0v) is 16.3. The van der Waals surface area contributed by atoms with Gasteiger partial charge in [0.25, 0.3) is 5.91 Å². The van der Waals surface area contributed by atoms with Gasteiger partial charge in [0, 0.05) is 42.0 Å². The highest BCUT2D eigenvalue weighted by Crippen LogP contribution is 2.40. The average molecular weight is 390 g/mol. The fraction of sp³-hybridized carbons (Fsp3) is 0.250. The summed E-state index contributed by atoms with van der Waals surface area (Å²) in [5, 5.41) is 10.7. The van der Waals surface area contributed by atoms with Crippen molar-refractivity contribution in [2.75, 3.05) is 5.32 Å². The summed E-state index contributed by atoms with van der Waals surface area (Å²) >= 11 is 1.40. The van der Waals surface area contributed by atoms with Crippen molar-refractivity contribution < 1.29 is 4.79 Å². The molecular weight excluding hydrogens is 372 g/mol. The van der Waals surface area contributed by atoms with Gasteiger partial charge in [0.2, 0.25) is 0 Å². The Kier molecular flexibility index (Phi) is 3.94. The molecule has 4 heterocycles. The van der Waals surface area contributed by atoms with Crippen LogP contribution in [0.15, 0.2) is 36.0 Å². The molecule has 1 aliphatic carbocycles. The van der Waals surface area contributed by atoms with Crippen molar-refractivity contribution >= 4 is 33.4 Å². The van der Waals surface area contributed by atoms with E-state index < -0.39 is 0 Å². The first-order chi connectivity index (χ1) is 13.6. The van der Waals surface area contributed by atoms with Gasteiger partial charge in [0.1, 0.15) is 0 Å². The van der Waals surface area contributed by atoms with Crippen molar-refractivity contribution in [1.29, 1.82) is 0 Å². The Hall–Kier alpha value is -3.13. The van der Waals surface area contributed by atoms with Gasteiger partial charge in [-0.05, 0) is 38.0 Å². The van der Waals surface area contributed by atoms with Crippen LogP contribution in [0, 0.1) is 6.92 Å². The second-order valence-corrected chi connectivity index (χ2v) is 7.87. The van der Waals surface area contributed by atoms with E-state index in [0.29, 0.717) is 16.6 Å². The summed E-state index contributed by atoms with van der Waals surface area (Å²) < 4.78 is 1.75. The predicted octanol–water partition coefficient (Wildman–Crippen LogP) is 3.92. The average Bonchev–Trinajstić information content (AvgIpc) is 3.39. The lowest BCUT2D eigenvalue weighted by Crippen LogP contribution is -2.13. The summed E-state index contributed by atoms with van der Waals surface area (Å²) in [6.45, 7) is 1.90. The summed E-state index contributed by atoms with van der Waals surface area (Å²) in [5.74, 6) is 0.265. The molecule has 0 radical (unpaired) electrons. The molecule has 0 aromatic carbocycles. The van der Waals surface area contributed by atoms with Gasteiger partial charge in [-0.2, -0.15) is 5.10 Å². The minimum absolute atomic E-state index is 0.183. The highest BCUT2D eigenvalue weighted by atomic mass is 32.1. The number of pyridine rings is 2. The molecule has 0 atom stereocenters. The number of anilines is 1. The first-order valence-electron chi connectivity index (χ1n) is 9.11. The van der Waals surface area contributed by atoms with Crippen LogP contribution in [0.2, 0.25) is 0 Å². The van der Waals surface area contributed by atoms with Crippen LogP contribution in [0.1, 0.15) is 40.5 Å². The maximum Gasteiger partial charge on any atom is 0.258 e. The molecule has 4 aromatic rings. The molecule has 28 heavy (non-hydrogen) atoms. The third kappa shape index (κ3) is 2.95. The highest BCUT2D eigenvalue weighted by Gasteiger charge is 2.28. The zero-order valence-electron chi connectivity index (χ0n) is 15.5. The van der Waals surface area contributed by atoms with Gasteiger partial charge in [0.15, 0.2) is 10.8 Å². The van der Waals surface area contributed by atoms with Crippen LogP contribution in [0.4, 0.5) is 5.13 Å². The Morgan fingerprint density at radius 1 is 1.32 bits per heavy atom. The normalized spacial score (nSPS) is 13.8. The lowest BCUT2D eigenvalue weighted by molar-refractivity contribution is 0.102. The SMILES string of the molecule is Cc1nn(C)c2nc(C3CC3)cc(C(=O)Nc3nc(-c4cccnc4)cs3)c12. The highest BCUT2D eigenvalue weighted by molar-refractivity contribution is 7.14. The molecule has 0 unspecified atom stereocenters. The fourth-order valence-electron chi connectivity index (χ4n) is 3.37. The van der Waals surface area contributed by atoms with Gasteiger partial charge in [0.05, 0.1) is 22.3 Å². The van der Waals surface area contributed by atoms with Crippen molar-refractivity contribution in [3.8, 4) is 11.3 Å². The smallest absolute Gasteiger partial charge is 0.258 e. The molecule has 1 fully saturated rings. The maximum absolute atomic E-state index is 13.1. The molecule has 0 saturated heterocycles. The topological polar surface area (TPSA) is 85.6 Å². The quantitative estimate of drug-likeness (QED) is 0.571. The van der Waals surface area contributed by atoms with Crippen molar-refractivity contribution in [1.82, 2.24) is 24.7 Å². The third-order valence-electron chi connectivity index (χ3n) is 4.91. The van der Waals surface area contributed by atoms with Crippen molar-refractivity contribution in [2.24, 2.45) is 7.05 Å². The number of amides is 1. The van der Waals surface area contributed by atoms with Gasteiger partial charge in [-0.1, -0.05) is 0 Å². The number of carbonyl (C=O) groups is 1. The minimum atomic E-state index is -0.183. The largest absolute Gasteiger partial charge is 0.298 e. The molecule has 1 amide bonds. The van der Waals surface area contributed by atoms with Crippen molar-refractivity contribution in [3.05, 3.63) is 52.9 Å². The van der Waals surface area contributed by atoms with Gasteiger partial charge in [-0.3, -0.25) is 19.8 Å². The van der Waals surface area contributed by atoms with Crippen LogP contribution in [-0.2, 0) is 7.05 Å². The number of nitrogens with one attached hydrogen (secondary N) is 1. The number of nitrogens with zero attached hydrogens (tertiary/aromatic N) is 5. The van der Waals surface area contributed by atoms with Gasteiger partial charge in [-0.25, -0.2) is 9.97 Å². The number of aromatic nitrogens is 5. The Bertz CT molecular complexity index is 1190. The fourth-order valence-corrected chi connectivity index (χ4v) is 4.09. The van der Waals surface area contributed by atoms with E-state index in [9.17, 15) is 4.79 Å². The molecule has 0 spiro atoms. The molecule has 4 aromatic heterocycles. The van der Waals surface area contributed by atoms with E-state index in [-0.39, 0.29) is 5.91 Å². The summed E-state index contributed by atoms with van der Waals surface area (Å²) in [6, 6.07) is 5.73. The number of aryl methyl sites for hydroxylation is 2. The third-order valence-corrected chi connectivity index (χ3v) is 5.67. The molecule has 8 heteroatoms. The van der Waals surface area contributed by atoms with E-state index in [2.05, 4.69) is 20.4 Å². The van der Waals surface area contributed by atoms with Crippen LogP contribution in [0.3, 0.4) is 0 Å². The number of hydrogen-bond donors (Lipinski definition) is 1. The predicted molar refractivity (Wildman–Crippen MR) is 109 cm³/mol. The Morgan fingerprint density at radius 2 is 2.18 bits per heavy atom. The molecule has 1 saturated carbocycles. The number of hydrogen-bond acceptors (Lipinski definition) is 6. The second kappa shape index (κ2) is 6.49. The monoisotopic (exact) mass is 390 g/mol. The molecular formula is C20H18N6OS. The van der Waals surface area contributed by atoms with E-state index in [1.165, 1.54) is 11.3 Å². The summed E-state index contributed by atoms with van der Waals surface area (Å²) in [5.41, 5.74) is 4.84. The van der Waals surface area contributed by atoms with Crippen molar-refractivity contribution in [2.45, 2.75) is 25.7 Å². The molecule has 140 valence electrons. The number of carbonyl (C=O) groups excluding carboxylic acids is 1. The van der Waals surface area contributed by atoms with E-state index in [1.54, 1.807) is 17.1 Å². The van der Waals surface area contributed by atoms with Gasteiger partial charge in [-0.15, -0.1) is 11.3 Å². The second-order valence-electron chi connectivity index (χ2n) is 7.01. The lowest BCUT2D eigenvalue weighted by atomic mass is 10.1. The van der Waals surface area contributed by atoms with Gasteiger partial charge >= 0.3 is 0 Å². The number of thiazole rings is 1. The summed E-state index contributed by atoms with van der Waals surface area (Å²) in [7, 11) is 1.86. The first kappa shape index (κ1) is 17.0. The summed E-state index contributed by atoms with van der Waals surface area (Å²) in [6.07, 6.45) is 5.73. The Labute approximate surface area is 165 Å².